The van der Waals surface area contributed by atoms with Crippen molar-refractivity contribution in [3.8, 4) is 0 Å². The van der Waals surface area contributed by atoms with Gasteiger partial charge < -0.3 is 24.3 Å². The molecule has 7 heteroatoms. The van der Waals surface area contributed by atoms with E-state index in [1.165, 1.54) is 6.07 Å². The normalized spacial score (nSPS) is 10.8. The summed E-state index contributed by atoms with van der Waals surface area (Å²) in [4.78, 5) is 22.5. The molecule has 0 bridgehead atoms. The molecule has 1 amide bonds. The van der Waals surface area contributed by atoms with Crippen LogP contribution in [0.25, 0.3) is 11.0 Å². The van der Waals surface area contributed by atoms with Gasteiger partial charge in [-0.05, 0) is 31.2 Å². The lowest BCUT2D eigenvalue weighted by molar-refractivity contribution is -0.121. The summed E-state index contributed by atoms with van der Waals surface area (Å²) < 4.78 is 15.4. The Bertz CT molecular complexity index is 663. The average Bonchev–Trinajstić information content (AvgIpc) is 2.90. The Hall–Kier alpha value is -2.38. The smallest absolute Gasteiger partial charge is 0.371 e. The highest BCUT2D eigenvalue weighted by atomic mass is 16.5. The number of carbonyl (C=O) groups excluding carboxylic acids is 1. The third kappa shape index (κ3) is 4.31. The number of carboxylic acids is 1. The second kappa shape index (κ2) is 7.58. The Kier molecular flexibility index (Phi) is 5.51. The van der Waals surface area contributed by atoms with E-state index in [0.717, 1.165) is 0 Å². The number of nitrogens with one attached hydrogen (secondary N) is 1. The van der Waals surface area contributed by atoms with Gasteiger partial charge in [0.2, 0.25) is 11.7 Å². The van der Waals surface area contributed by atoms with Crippen molar-refractivity contribution in [3.63, 3.8) is 0 Å². The molecule has 0 atom stereocenters. The number of anilines is 1. The first kappa shape index (κ1) is 16.0. The zero-order valence-electron chi connectivity index (χ0n) is 12.1. The van der Waals surface area contributed by atoms with Crippen molar-refractivity contribution in [2.24, 2.45) is 0 Å². The molecular weight excluding hydrogens is 290 g/mol. The first-order chi connectivity index (χ1) is 10.6. The van der Waals surface area contributed by atoms with Crippen molar-refractivity contribution in [1.82, 2.24) is 0 Å². The largest absolute Gasteiger partial charge is 0.475 e. The standard InChI is InChI=1S/C15H17NO6/c1-2-20-5-6-21-9-14(17)16-11-3-4-12-10(7-11)8-13(22-12)15(18)19/h3-4,7-8H,2,5-6,9H2,1H3,(H,16,17)(H,18,19). The summed E-state index contributed by atoms with van der Waals surface area (Å²) in [6, 6.07) is 6.29. The lowest BCUT2D eigenvalue weighted by Gasteiger charge is -2.06. The number of carbonyl (C=O) groups is 2. The van der Waals surface area contributed by atoms with Gasteiger partial charge in [0.1, 0.15) is 12.2 Å². The first-order valence-corrected chi connectivity index (χ1v) is 6.82. The number of rotatable bonds is 8. The summed E-state index contributed by atoms with van der Waals surface area (Å²) in [6.07, 6.45) is 0. The van der Waals surface area contributed by atoms with Gasteiger partial charge in [-0.2, -0.15) is 0 Å². The van der Waals surface area contributed by atoms with Crippen molar-refractivity contribution in [2.45, 2.75) is 6.92 Å². The number of aromatic carboxylic acids is 1. The van der Waals surface area contributed by atoms with Crippen LogP contribution in [0.5, 0.6) is 0 Å². The summed E-state index contributed by atoms with van der Waals surface area (Å²) in [6.45, 7) is 3.22. The van der Waals surface area contributed by atoms with Crippen LogP contribution < -0.4 is 5.32 Å². The Morgan fingerprint density at radius 1 is 1.23 bits per heavy atom. The van der Waals surface area contributed by atoms with E-state index in [1.54, 1.807) is 18.2 Å². The van der Waals surface area contributed by atoms with E-state index in [0.29, 0.717) is 36.5 Å². The molecule has 0 aliphatic heterocycles. The van der Waals surface area contributed by atoms with Gasteiger partial charge in [-0.1, -0.05) is 0 Å². The van der Waals surface area contributed by atoms with Gasteiger partial charge in [0, 0.05) is 17.7 Å². The fourth-order valence-corrected chi connectivity index (χ4v) is 1.85. The number of ether oxygens (including phenoxy) is 2. The van der Waals surface area contributed by atoms with Crippen LogP contribution in [0.1, 0.15) is 17.5 Å². The van der Waals surface area contributed by atoms with Crippen LogP contribution >= 0.6 is 0 Å². The molecule has 22 heavy (non-hydrogen) atoms. The molecule has 0 fully saturated rings. The summed E-state index contributed by atoms with van der Waals surface area (Å²) >= 11 is 0. The fourth-order valence-electron chi connectivity index (χ4n) is 1.85. The minimum Gasteiger partial charge on any atom is -0.475 e. The van der Waals surface area contributed by atoms with E-state index in [-0.39, 0.29) is 18.3 Å². The van der Waals surface area contributed by atoms with Crippen molar-refractivity contribution in [1.29, 1.82) is 0 Å². The topological polar surface area (TPSA) is 98.0 Å². The third-order valence-corrected chi connectivity index (χ3v) is 2.82. The number of fused-ring (bicyclic) bond motifs is 1. The lowest BCUT2D eigenvalue weighted by Crippen LogP contribution is -2.19. The maximum Gasteiger partial charge on any atom is 0.371 e. The number of furan rings is 1. The molecular formula is C15H17NO6. The number of carboxylic acid groups (broad SMARTS) is 1. The maximum absolute atomic E-state index is 11.7. The summed E-state index contributed by atoms with van der Waals surface area (Å²) in [5.74, 6) is -1.57. The van der Waals surface area contributed by atoms with Crippen LogP contribution in [0, 0.1) is 0 Å². The van der Waals surface area contributed by atoms with Crippen molar-refractivity contribution in [2.75, 3.05) is 31.7 Å². The SMILES string of the molecule is CCOCCOCC(=O)Nc1ccc2oc(C(=O)O)cc2c1. The number of amides is 1. The van der Waals surface area contributed by atoms with Crippen LogP contribution in [0.3, 0.4) is 0 Å². The van der Waals surface area contributed by atoms with Crippen LogP contribution in [-0.2, 0) is 14.3 Å². The maximum atomic E-state index is 11.7. The zero-order chi connectivity index (χ0) is 15.9. The molecule has 118 valence electrons. The summed E-state index contributed by atoms with van der Waals surface area (Å²) in [5.41, 5.74) is 0.993. The average molecular weight is 307 g/mol. The molecule has 1 heterocycles. The van der Waals surface area contributed by atoms with Gasteiger partial charge in [-0.3, -0.25) is 4.79 Å². The van der Waals surface area contributed by atoms with Gasteiger partial charge in [0.05, 0.1) is 13.2 Å². The van der Waals surface area contributed by atoms with Crippen molar-refractivity contribution >= 4 is 28.5 Å². The van der Waals surface area contributed by atoms with Crippen LogP contribution in [0.4, 0.5) is 5.69 Å². The van der Waals surface area contributed by atoms with Gasteiger partial charge in [0.15, 0.2) is 0 Å². The van der Waals surface area contributed by atoms with E-state index < -0.39 is 5.97 Å². The van der Waals surface area contributed by atoms with Crippen LogP contribution in [0.2, 0.25) is 0 Å². The van der Waals surface area contributed by atoms with Gasteiger partial charge >= 0.3 is 5.97 Å². The molecule has 0 saturated heterocycles. The molecule has 0 saturated carbocycles. The predicted molar refractivity (Wildman–Crippen MR) is 79.1 cm³/mol. The molecule has 2 N–H and O–H groups in total. The molecule has 2 aromatic rings. The monoisotopic (exact) mass is 307 g/mol. The number of hydrogen-bond donors (Lipinski definition) is 2. The predicted octanol–water partition coefficient (Wildman–Crippen LogP) is 2.12. The molecule has 1 aromatic carbocycles. The van der Waals surface area contributed by atoms with E-state index in [4.69, 9.17) is 19.0 Å². The van der Waals surface area contributed by atoms with Crippen molar-refractivity contribution < 1.29 is 28.6 Å². The molecule has 0 aliphatic carbocycles. The molecule has 2 rings (SSSR count). The van der Waals surface area contributed by atoms with E-state index >= 15 is 0 Å². The molecule has 0 aliphatic rings. The minimum absolute atomic E-state index is 0.0725. The first-order valence-electron chi connectivity index (χ1n) is 6.82. The van der Waals surface area contributed by atoms with Crippen LogP contribution in [0.15, 0.2) is 28.7 Å². The molecule has 0 unspecified atom stereocenters. The molecule has 1 aromatic heterocycles. The highest BCUT2D eigenvalue weighted by Gasteiger charge is 2.11. The van der Waals surface area contributed by atoms with Crippen LogP contribution in [-0.4, -0.2) is 43.4 Å². The summed E-state index contributed by atoms with van der Waals surface area (Å²) in [5, 5.41) is 12.1. The number of hydrogen-bond acceptors (Lipinski definition) is 5. The second-order valence-corrected chi connectivity index (χ2v) is 4.47. The Morgan fingerprint density at radius 3 is 2.73 bits per heavy atom. The highest BCUT2D eigenvalue weighted by Crippen LogP contribution is 2.23. The zero-order valence-corrected chi connectivity index (χ0v) is 12.1. The Balaban J connectivity index is 1.90. The second-order valence-electron chi connectivity index (χ2n) is 4.47. The fraction of sp³-hybridized carbons (Fsp3) is 0.333. The molecule has 0 radical (unpaired) electrons. The summed E-state index contributed by atoms with van der Waals surface area (Å²) in [7, 11) is 0. The Labute approximate surface area is 126 Å². The van der Waals surface area contributed by atoms with E-state index in [2.05, 4.69) is 5.32 Å². The van der Waals surface area contributed by atoms with Crippen molar-refractivity contribution in [3.05, 3.63) is 30.0 Å². The molecule has 0 spiro atoms. The highest BCUT2D eigenvalue weighted by molar-refractivity contribution is 5.96. The lowest BCUT2D eigenvalue weighted by atomic mass is 10.2. The third-order valence-electron chi connectivity index (χ3n) is 2.82. The van der Waals surface area contributed by atoms with E-state index in [1.807, 2.05) is 6.92 Å². The van der Waals surface area contributed by atoms with E-state index in [9.17, 15) is 9.59 Å². The molecule has 7 nitrogen and oxygen atoms in total. The Morgan fingerprint density at radius 2 is 2.00 bits per heavy atom. The quantitative estimate of drug-likeness (QED) is 0.725. The van der Waals surface area contributed by atoms with Gasteiger partial charge in [0.25, 0.3) is 0 Å². The number of benzene rings is 1. The van der Waals surface area contributed by atoms with Gasteiger partial charge in [-0.15, -0.1) is 0 Å². The minimum atomic E-state index is -1.13. The van der Waals surface area contributed by atoms with Gasteiger partial charge in [-0.25, -0.2) is 4.79 Å².